The van der Waals surface area contributed by atoms with Gasteiger partial charge < -0.3 is 9.84 Å². The molecule has 7 nitrogen and oxygen atoms in total. The Bertz CT molecular complexity index is 563. The smallest absolute Gasteiger partial charge is 0.306 e. The van der Waals surface area contributed by atoms with E-state index in [2.05, 4.69) is 9.71 Å². The van der Waals surface area contributed by atoms with Gasteiger partial charge in [-0.05, 0) is 18.9 Å². The number of nitrogens with one attached hydrogen (secondary N) is 1. The van der Waals surface area contributed by atoms with Crippen LogP contribution in [0, 0.1) is 5.92 Å². The maximum absolute atomic E-state index is 12.0. The number of aromatic nitrogens is 1. The summed E-state index contributed by atoms with van der Waals surface area (Å²) < 4.78 is 31.2. The van der Waals surface area contributed by atoms with Gasteiger partial charge in [-0.2, -0.15) is 0 Å². The molecule has 19 heavy (non-hydrogen) atoms. The first-order valence-electron chi connectivity index (χ1n) is 5.67. The molecule has 0 bridgehead atoms. The number of carboxylic acids is 1. The fourth-order valence-electron chi connectivity index (χ4n) is 1.85. The predicted molar refractivity (Wildman–Crippen MR) is 65.3 cm³/mol. The number of sulfonamides is 1. The lowest BCUT2D eigenvalue weighted by Gasteiger charge is -2.32. The molecule has 0 spiro atoms. The second-order valence-corrected chi connectivity index (χ2v) is 6.08. The molecule has 104 valence electrons. The molecule has 0 saturated heterocycles. The Labute approximate surface area is 110 Å². The van der Waals surface area contributed by atoms with Crippen molar-refractivity contribution in [2.45, 2.75) is 23.8 Å². The van der Waals surface area contributed by atoms with Crippen LogP contribution in [0.25, 0.3) is 0 Å². The minimum atomic E-state index is -3.66. The van der Waals surface area contributed by atoms with Crippen LogP contribution in [0.3, 0.4) is 0 Å². The molecular weight excluding hydrogens is 272 g/mol. The predicted octanol–water partition coefficient (Wildman–Crippen LogP) is 0.232. The van der Waals surface area contributed by atoms with Gasteiger partial charge >= 0.3 is 5.97 Å². The number of carboxylic acid groups (broad SMARTS) is 1. The zero-order valence-corrected chi connectivity index (χ0v) is 11.1. The van der Waals surface area contributed by atoms with Crippen LogP contribution in [0.5, 0.6) is 5.88 Å². The summed E-state index contributed by atoms with van der Waals surface area (Å²) in [4.78, 5) is 14.5. The number of rotatable bonds is 5. The molecular formula is C11H14N2O5S. The second kappa shape index (κ2) is 5.14. The van der Waals surface area contributed by atoms with Gasteiger partial charge in [-0.3, -0.25) is 4.79 Å². The van der Waals surface area contributed by atoms with Crippen LogP contribution in [0.1, 0.15) is 12.8 Å². The molecule has 0 amide bonds. The number of nitrogens with zero attached hydrogens (tertiary/aromatic N) is 1. The van der Waals surface area contributed by atoms with Gasteiger partial charge in [-0.25, -0.2) is 18.1 Å². The minimum absolute atomic E-state index is 0.0343. The van der Waals surface area contributed by atoms with Gasteiger partial charge in [0.25, 0.3) is 0 Å². The number of hydrogen-bond donors (Lipinski definition) is 2. The molecule has 1 fully saturated rings. The summed E-state index contributed by atoms with van der Waals surface area (Å²) in [6.45, 7) is 0. The number of aliphatic carboxylic acids is 1. The summed E-state index contributed by atoms with van der Waals surface area (Å²) in [7, 11) is -2.22. The average Bonchev–Trinajstić information content (AvgIpc) is 2.33. The fraction of sp³-hybridized carbons (Fsp3) is 0.455. The number of methoxy groups -OCH3 is 1. The molecule has 0 atom stereocenters. The Morgan fingerprint density at radius 1 is 1.47 bits per heavy atom. The van der Waals surface area contributed by atoms with Gasteiger partial charge in [-0.15, -0.1) is 0 Å². The van der Waals surface area contributed by atoms with Crippen molar-refractivity contribution in [1.29, 1.82) is 0 Å². The van der Waals surface area contributed by atoms with E-state index in [0.717, 1.165) is 0 Å². The lowest BCUT2D eigenvalue weighted by atomic mass is 9.81. The molecule has 0 aliphatic heterocycles. The van der Waals surface area contributed by atoms with Crippen molar-refractivity contribution < 1.29 is 23.1 Å². The van der Waals surface area contributed by atoms with Gasteiger partial charge in [-0.1, -0.05) is 0 Å². The Kier molecular flexibility index (Phi) is 3.72. The van der Waals surface area contributed by atoms with E-state index in [0.29, 0.717) is 18.7 Å². The minimum Gasteiger partial charge on any atom is -0.481 e. The highest BCUT2D eigenvalue weighted by atomic mass is 32.2. The average molecular weight is 286 g/mol. The summed E-state index contributed by atoms with van der Waals surface area (Å²) in [6, 6.07) is 2.52. The Balaban J connectivity index is 2.01. The van der Waals surface area contributed by atoms with E-state index in [1.165, 1.54) is 25.4 Å². The van der Waals surface area contributed by atoms with E-state index in [9.17, 15) is 13.2 Å². The maximum Gasteiger partial charge on any atom is 0.306 e. The standard InChI is InChI=1S/C11H14N2O5S/c1-18-10-3-2-9(6-12-10)19(16,17)13-8-4-7(5-8)11(14)15/h2-3,6-8,13H,4-5H2,1H3,(H,14,15). The summed E-state index contributed by atoms with van der Waals surface area (Å²) in [5, 5.41) is 8.72. The fourth-order valence-corrected chi connectivity index (χ4v) is 3.06. The lowest BCUT2D eigenvalue weighted by molar-refractivity contribution is -0.145. The van der Waals surface area contributed by atoms with Gasteiger partial charge in [0, 0.05) is 12.1 Å². The molecule has 1 aliphatic carbocycles. The van der Waals surface area contributed by atoms with Crippen LogP contribution in [0.2, 0.25) is 0 Å². The van der Waals surface area contributed by atoms with E-state index in [1.54, 1.807) is 0 Å². The van der Waals surface area contributed by atoms with Gasteiger partial charge in [0.15, 0.2) is 0 Å². The summed E-state index contributed by atoms with van der Waals surface area (Å²) in [5.41, 5.74) is 0. The number of carbonyl (C=O) groups is 1. The maximum atomic E-state index is 12.0. The summed E-state index contributed by atoms with van der Waals surface area (Å²) in [5.74, 6) is -1.02. The molecule has 1 aliphatic rings. The molecule has 1 aromatic heterocycles. The summed E-state index contributed by atoms with van der Waals surface area (Å²) >= 11 is 0. The quantitative estimate of drug-likeness (QED) is 0.802. The van der Waals surface area contributed by atoms with Crippen LogP contribution in [-0.4, -0.2) is 37.6 Å². The van der Waals surface area contributed by atoms with E-state index < -0.39 is 21.9 Å². The zero-order valence-electron chi connectivity index (χ0n) is 10.2. The number of hydrogen-bond acceptors (Lipinski definition) is 5. The SMILES string of the molecule is COc1ccc(S(=O)(=O)NC2CC(C(=O)O)C2)cn1. The Morgan fingerprint density at radius 2 is 2.16 bits per heavy atom. The molecule has 2 rings (SSSR count). The lowest BCUT2D eigenvalue weighted by Crippen LogP contribution is -2.46. The van der Waals surface area contributed by atoms with Gasteiger partial charge in [0.1, 0.15) is 4.90 Å². The van der Waals surface area contributed by atoms with E-state index >= 15 is 0 Å². The van der Waals surface area contributed by atoms with Gasteiger partial charge in [0.05, 0.1) is 19.2 Å². The van der Waals surface area contributed by atoms with Gasteiger partial charge in [0.2, 0.25) is 15.9 Å². The van der Waals surface area contributed by atoms with Crippen molar-refractivity contribution in [3.05, 3.63) is 18.3 Å². The van der Waals surface area contributed by atoms with Crippen molar-refractivity contribution in [1.82, 2.24) is 9.71 Å². The number of pyridine rings is 1. The molecule has 8 heteroatoms. The zero-order chi connectivity index (χ0) is 14.0. The van der Waals surface area contributed by atoms with Crippen molar-refractivity contribution in [2.24, 2.45) is 5.92 Å². The first kappa shape index (κ1) is 13.8. The second-order valence-electron chi connectivity index (χ2n) is 4.36. The van der Waals surface area contributed by atoms with E-state index in [-0.39, 0.29) is 10.9 Å². The number of ether oxygens (including phenoxy) is 1. The highest BCUT2D eigenvalue weighted by Gasteiger charge is 2.36. The van der Waals surface area contributed by atoms with Crippen molar-refractivity contribution >= 4 is 16.0 Å². The first-order chi connectivity index (χ1) is 8.92. The van der Waals surface area contributed by atoms with Crippen LogP contribution >= 0.6 is 0 Å². The molecule has 0 radical (unpaired) electrons. The Morgan fingerprint density at radius 3 is 2.63 bits per heavy atom. The summed E-state index contributed by atoms with van der Waals surface area (Å²) in [6.07, 6.45) is 1.84. The highest BCUT2D eigenvalue weighted by molar-refractivity contribution is 7.89. The third-order valence-electron chi connectivity index (χ3n) is 3.04. The highest BCUT2D eigenvalue weighted by Crippen LogP contribution is 2.28. The van der Waals surface area contributed by atoms with Crippen molar-refractivity contribution in [3.63, 3.8) is 0 Å². The molecule has 0 unspecified atom stereocenters. The van der Waals surface area contributed by atoms with Crippen LogP contribution < -0.4 is 9.46 Å². The molecule has 1 saturated carbocycles. The third kappa shape index (κ3) is 3.02. The Hall–Kier alpha value is -1.67. The molecule has 1 aromatic rings. The molecule has 1 heterocycles. The van der Waals surface area contributed by atoms with Crippen LogP contribution in [-0.2, 0) is 14.8 Å². The van der Waals surface area contributed by atoms with Crippen LogP contribution in [0.4, 0.5) is 0 Å². The monoisotopic (exact) mass is 286 g/mol. The first-order valence-corrected chi connectivity index (χ1v) is 7.16. The molecule has 2 N–H and O–H groups in total. The van der Waals surface area contributed by atoms with E-state index in [1.807, 2.05) is 0 Å². The largest absolute Gasteiger partial charge is 0.481 e. The molecule has 0 aromatic carbocycles. The topological polar surface area (TPSA) is 106 Å². The normalized spacial score (nSPS) is 22.6. The van der Waals surface area contributed by atoms with Crippen molar-refractivity contribution in [3.8, 4) is 5.88 Å². The van der Waals surface area contributed by atoms with Crippen LogP contribution in [0.15, 0.2) is 23.2 Å². The third-order valence-corrected chi connectivity index (χ3v) is 4.54. The van der Waals surface area contributed by atoms with E-state index in [4.69, 9.17) is 9.84 Å². The van der Waals surface area contributed by atoms with Crippen molar-refractivity contribution in [2.75, 3.05) is 7.11 Å².